The number of aromatic nitrogens is 4. The Bertz CT molecular complexity index is 1390. The van der Waals surface area contributed by atoms with Gasteiger partial charge >= 0.3 is 5.69 Å². The first-order valence-corrected chi connectivity index (χ1v) is 10.4. The number of H-pyrrole nitrogens is 1. The lowest BCUT2D eigenvalue weighted by Crippen LogP contribution is -2.29. The zero-order valence-electron chi connectivity index (χ0n) is 18.2. The first-order chi connectivity index (χ1) is 16.0. The van der Waals surface area contributed by atoms with E-state index in [0.717, 1.165) is 11.3 Å². The van der Waals surface area contributed by atoms with Crippen molar-refractivity contribution in [3.05, 3.63) is 86.6 Å². The Hall–Kier alpha value is -4.18. The van der Waals surface area contributed by atoms with E-state index >= 15 is 0 Å². The number of aliphatic hydroxyl groups excluding tert-OH is 1. The Morgan fingerprint density at radius 1 is 1.18 bits per heavy atom. The van der Waals surface area contributed by atoms with Crippen molar-refractivity contribution in [3.8, 4) is 5.75 Å². The van der Waals surface area contributed by atoms with Crippen LogP contribution in [-0.2, 0) is 13.6 Å². The van der Waals surface area contributed by atoms with E-state index in [1.54, 1.807) is 18.3 Å². The Morgan fingerprint density at radius 3 is 2.61 bits per heavy atom. The molecule has 0 fully saturated rings. The minimum absolute atomic E-state index is 0.0305. The number of hydrogen-bond donors (Lipinski definition) is 3. The molecule has 170 valence electrons. The normalized spacial score (nSPS) is 12.3. The van der Waals surface area contributed by atoms with Crippen LogP contribution in [0.3, 0.4) is 0 Å². The van der Waals surface area contributed by atoms with E-state index in [0.29, 0.717) is 12.2 Å². The second-order valence-electron chi connectivity index (χ2n) is 7.34. The molecular formula is C23H24N6O4. The Morgan fingerprint density at radius 2 is 1.91 bits per heavy atom. The van der Waals surface area contributed by atoms with Crippen molar-refractivity contribution < 1.29 is 9.84 Å². The van der Waals surface area contributed by atoms with Gasteiger partial charge in [-0.1, -0.05) is 30.3 Å². The van der Waals surface area contributed by atoms with E-state index < -0.39 is 17.4 Å². The van der Waals surface area contributed by atoms with Gasteiger partial charge in [0.15, 0.2) is 11.2 Å². The van der Waals surface area contributed by atoms with Gasteiger partial charge in [-0.2, -0.15) is 10.1 Å². The van der Waals surface area contributed by atoms with Crippen molar-refractivity contribution in [1.29, 1.82) is 0 Å². The summed E-state index contributed by atoms with van der Waals surface area (Å²) in [5.74, 6) is 0.980. The van der Waals surface area contributed by atoms with Gasteiger partial charge in [0.1, 0.15) is 5.75 Å². The summed E-state index contributed by atoms with van der Waals surface area (Å²) in [6, 6.07) is 16.5. The second-order valence-corrected chi connectivity index (χ2v) is 7.34. The number of hydrogen-bond acceptors (Lipinski definition) is 7. The van der Waals surface area contributed by atoms with E-state index in [4.69, 9.17) is 4.74 Å². The maximum atomic E-state index is 12.6. The molecule has 2 aromatic carbocycles. The van der Waals surface area contributed by atoms with Crippen molar-refractivity contribution in [2.24, 2.45) is 12.1 Å². The smallest absolute Gasteiger partial charge is 0.329 e. The number of anilines is 1. The molecule has 2 aromatic heterocycles. The summed E-state index contributed by atoms with van der Waals surface area (Å²) in [6.07, 6.45) is 0.687. The molecule has 0 saturated heterocycles. The molecule has 0 saturated carbocycles. The summed E-state index contributed by atoms with van der Waals surface area (Å²) < 4.78 is 8.19. The molecule has 0 radical (unpaired) electrons. The van der Waals surface area contributed by atoms with E-state index in [1.165, 1.54) is 16.2 Å². The number of nitrogens with one attached hydrogen (secondary N) is 2. The van der Waals surface area contributed by atoms with Crippen LogP contribution in [0.4, 0.5) is 5.95 Å². The maximum Gasteiger partial charge on any atom is 0.329 e. The van der Waals surface area contributed by atoms with Crippen LogP contribution in [0, 0.1) is 0 Å². The average Bonchev–Trinajstić information content (AvgIpc) is 3.18. The molecule has 0 amide bonds. The molecule has 1 atom stereocenters. The molecule has 4 aromatic rings. The lowest BCUT2D eigenvalue weighted by atomic mass is 10.1. The molecule has 0 aliphatic heterocycles. The van der Waals surface area contributed by atoms with E-state index in [1.807, 2.05) is 49.4 Å². The molecule has 0 aliphatic rings. The highest BCUT2D eigenvalue weighted by molar-refractivity contribution is 5.80. The monoisotopic (exact) mass is 448 g/mol. The van der Waals surface area contributed by atoms with Crippen LogP contribution in [0.1, 0.15) is 24.2 Å². The minimum Gasteiger partial charge on any atom is -0.494 e. The third-order valence-electron chi connectivity index (χ3n) is 5.12. The number of rotatable bonds is 8. The number of aliphatic hydroxyl groups is 1. The Balaban J connectivity index is 1.68. The summed E-state index contributed by atoms with van der Waals surface area (Å²) in [6.45, 7) is 2.53. The number of aryl methyl sites for hydroxylation is 1. The van der Waals surface area contributed by atoms with E-state index in [2.05, 4.69) is 20.5 Å². The summed E-state index contributed by atoms with van der Waals surface area (Å²) in [7, 11) is 1.51. The van der Waals surface area contributed by atoms with Crippen molar-refractivity contribution in [3.63, 3.8) is 0 Å². The molecule has 3 N–H and O–H groups in total. The molecule has 0 aliphatic carbocycles. The quantitative estimate of drug-likeness (QED) is 0.280. The van der Waals surface area contributed by atoms with Gasteiger partial charge in [0.25, 0.3) is 5.56 Å². The lowest BCUT2D eigenvalue weighted by molar-refractivity contribution is 0.158. The molecule has 33 heavy (non-hydrogen) atoms. The number of nitrogens with zero attached hydrogens (tertiary/aromatic N) is 4. The number of aromatic amines is 1. The Kier molecular flexibility index (Phi) is 6.36. The third kappa shape index (κ3) is 4.70. The number of ether oxygens (including phenoxy) is 1. The summed E-state index contributed by atoms with van der Waals surface area (Å²) in [5.41, 5.74) is 3.51. The number of imidazole rings is 1. The van der Waals surface area contributed by atoms with Gasteiger partial charge in [0.2, 0.25) is 5.95 Å². The van der Waals surface area contributed by atoms with Gasteiger partial charge in [-0.05, 0) is 42.3 Å². The Labute approximate surface area is 188 Å². The van der Waals surface area contributed by atoms with Crippen LogP contribution in [-0.4, -0.2) is 37.0 Å². The summed E-state index contributed by atoms with van der Waals surface area (Å²) in [4.78, 5) is 31.3. The zero-order valence-corrected chi connectivity index (χ0v) is 18.2. The zero-order chi connectivity index (χ0) is 23.4. The maximum absolute atomic E-state index is 12.6. The fourth-order valence-electron chi connectivity index (χ4n) is 3.43. The second kappa shape index (κ2) is 9.53. The van der Waals surface area contributed by atoms with Gasteiger partial charge in [0.05, 0.1) is 25.5 Å². The molecular weight excluding hydrogens is 424 g/mol. The van der Waals surface area contributed by atoms with E-state index in [9.17, 15) is 14.7 Å². The molecule has 10 heteroatoms. The highest BCUT2D eigenvalue weighted by Gasteiger charge is 2.20. The number of fused-ring (bicyclic) bond motifs is 1. The highest BCUT2D eigenvalue weighted by Crippen LogP contribution is 2.21. The first-order valence-electron chi connectivity index (χ1n) is 10.4. The molecule has 0 unspecified atom stereocenters. The van der Waals surface area contributed by atoms with E-state index in [-0.39, 0.29) is 23.7 Å². The van der Waals surface area contributed by atoms with Crippen LogP contribution in [0.2, 0.25) is 0 Å². The summed E-state index contributed by atoms with van der Waals surface area (Å²) in [5, 5.41) is 15.0. The van der Waals surface area contributed by atoms with Crippen LogP contribution in [0.15, 0.2) is 69.3 Å². The van der Waals surface area contributed by atoms with Gasteiger partial charge in [-0.15, -0.1) is 0 Å². The van der Waals surface area contributed by atoms with Crippen LogP contribution in [0.5, 0.6) is 5.75 Å². The average molecular weight is 448 g/mol. The van der Waals surface area contributed by atoms with Gasteiger partial charge < -0.3 is 9.84 Å². The largest absolute Gasteiger partial charge is 0.494 e. The molecule has 0 bridgehead atoms. The van der Waals surface area contributed by atoms with Crippen LogP contribution in [0.25, 0.3) is 11.2 Å². The standard InChI is InChI=1S/C23H24N6O4/c1-3-33-17-11-9-15(10-12-17)13-24-27-22-25-20-19(21(31)26-23(32)28(20)2)29(22)14-18(30)16-7-5-4-6-8-16/h4-13,18,30H,3,14H2,1-2H3,(H,25,27)(H,26,31,32)/b24-13-/t18-/m1/s1. The topological polar surface area (TPSA) is 127 Å². The number of benzene rings is 2. The SMILES string of the molecule is CCOc1ccc(/C=N\Nc2nc3c(c(=O)[nH]c(=O)n3C)n2C[C@@H](O)c2ccccc2)cc1. The highest BCUT2D eigenvalue weighted by atomic mass is 16.5. The van der Waals surface area contributed by atoms with Gasteiger partial charge in [-0.25, -0.2) is 10.2 Å². The lowest BCUT2D eigenvalue weighted by Gasteiger charge is -2.14. The first kappa shape index (κ1) is 22.0. The van der Waals surface area contributed by atoms with Crippen molar-refractivity contribution in [2.45, 2.75) is 19.6 Å². The van der Waals surface area contributed by atoms with Gasteiger partial charge in [-0.3, -0.25) is 18.9 Å². The fourth-order valence-corrected chi connectivity index (χ4v) is 3.43. The van der Waals surface area contributed by atoms with Crippen molar-refractivity contribution >= 4 is 23.3 Å². The third-order valence-corrected chi connectivity index (χ3v) is 5.12. The molecule has 0 spiro atoms. The molecule has 4 rings (SSSR count). The van der Waals surface area contributed by atoms with Gasteiger partial charge in [0, 0.05) is 7.05 Å². The van der Waals surface area contributed by atoms with Crippen LogP contribution >= 0.6 is 0 Å². The molecule has 10 nitrogen and oxygen atoms in total. The van der Waals surface area contributed by atoms with Crippen LogP contribution < -0.4 is 21.4 Å². The predicted molar refractivity (Wildman–Crippen MR) is 126 cm³/mol. The summed E-state index contributed by atoms with van der Waals surface area (Å²) >= 11 is 0. The number of hydrazone groups is 1. The van der Waals surface area contributed by atoms with Crippen molar-refractivity contribution in [2.75, 3.05) is 12.0 Å². The minimum atomic E-state index is -0.907. The predicted octanol–water partition coefficient (Wildman–Crippen LogP) is 2.00. The fraction of sp³-hybridized carbons (Fsp3) is 0.217. The van der Waals surface area contributed by atoms with Crippen molar-refractivity contribution in [1.82, 2.24) is 19.1 Å². The molecule has 2 heterocycles.